The molecule has 0 radical (unpaired) electrons. The summed E-state index contributed by atoms with van der Waals surface area (Å²) in [6.07, 6.45) is 2.46. The van der Waals surface area contributed by atoms with Crippen LogP contribution in [-0.2, 0) is 9.59 Å². The third-order valence-corrected chi connectivity index (χ3v) is 4.57. The largest absolute Gasteiger partial charge is 0.493 e. The van der Waals surface area contributed by atoms with Gasteiger partial charge in [0.05, 0.1) is 17.7 Å². The van der Waals surface area contributed by atoms with Gasteiger partial charge in [-0.3, -0.25) is 25.1 Å². The third-order valence-electron chi connectivity index (χ3n) is 4.57. The van der Waals surface area contributed by atoms with Gasteiger partial charge in [0.2, 0.25) is 5.88 Å². The summed E-state index contributed by atoms with van der Waals surface area (Å²) in [6, 6.07) is 16.2. The Morgan fingerprint density at radius 1 is 1.06 bits per heavy atom. The van der Waals surface area contributed by atoms with E-state index in [2.05, 4.69) is 10.4 Å². The molecule has 1 aliphatic heterocycles. The number of nitrogens with one attached hydrogen (secondary N) is 1. The van der Waals surface area contributed by atoms with E-state index in [1.165, 1.54) is 25.3 Å². The lowest BCUT2D eigenvalue weighted by Gasteiger charge is -2.14. The second-order valence-corrected chi connectivity index (χ2v) is 6.57. The Labute approximate surface area is 181 Å². The molecule has 0 aliphatic carbocycles. The monoisotopic (exact) mass is 432 g/mol. The van der Waals surface area contributed by atoms with Crippen molar-refractivity contribution in [3.8, 4) is 17.4 Å². The number of aromatic nitrogens is 1. The number of amides is 2. The summed E-state index contributed by atoms with van der Waals surface area (Å²) in [5.74, 6) is -0.495. The zero-order valence-electron chi connectivity index (χ0n) is 16.7. The molecule has 0 atom stereocenters. The van der Waals surface area contributed by atoms with Crippen molar-refractivity contribution in [2.24, 2.45) is 0 Å². The van der Waals surface area contributed by atoms with Crippen LogP contribution in [0.1, 0.15) is 5.56 Å². The maximum Gasteiger partial charge on any atom is 0.287 e. The Bertz CT molecular complexity index is 1220. The van der Waals surface area contributed by atoms with E-state index in [0.29, 0.717) is 17.0 Å². The van der Waals surface area contributed by atoms with Crippen LogP contribution >= 0.6 is 0 Å². The van der Waals surface area contributed by atoms with Crippen molar-refractivity contribution in [3.05, 3.63) is 88.1 Å². The van der Waals surface area contributed by atoms with Gasteiger partial charge in [0.25, 0.3) is 17.5 Å². The lowest BCUT2D eigenvalue weighted by Crippen LogP contribution is -2.35. The molecular formula is C22H16N4O6. The molecule has 0 unspecified atom stereocenters. The van der Waals surface area contributed by atoms with Crippen LogP contribution in [0.15, 0.2) is 72.4 Å². The number of pyridine rings is 1. The smallest absolute Gasteiger partial charge is 0.287 e. The molecule has 3 aromatic rings. The highest BCUT2D eigenvalue weighted by Gasteiger charge is 2.34. The normalized spacial score (nSPS) is 14.4. The molecule has 10 heteroatoms. The molecule has 4 rings (SSSR count). The maximum atomic E-state index is 12.9. The third kappa shape index (κ3) is 3.97. The molecule has 0 saturated carbocycles. The van der Waals surface area contributed by atoms with Crippen molar-refractivity contribution in [1.82, 2.24) is 10.4 Å². The molecule has 1 aliphatic rings. The van der Waals surface area contributed by atoms with Crippen LogP contribution in [0.5, 0.6) is 17.4 Å². The summed E-state index contributed by atoms with van der Waals surface area (Å²) in [4.78, 5) is 39.6. The molecule has 10 nitrogen and oxygen atoms in total. The topological polar surface area (TPSA) is 124 Å². The number of benzene rings is 2. The highest BCUT2D eigenvalue weighted by molar-refractivity contribution is 6.31. The summed E-state index contributed by atoms with van der Waals surface area (Å²) < 4.78 is 11.1. The van der Waals surface area contributed by atoms with Crippen molar-refractivity contribution in [2.75, 3.05) is 12.1 Å². The van der Waals surface area contributed by atoms with Crippen molar-refractivity contribution in [3.63, 3.8) is 0 Å². The second kappa shape index (κ2) is 8.56. The first-order chi connectivity index (χ1) is 15.5. The first-order valence-corrected chi connectivity index (χ1v) is 9.35. The number of rotatable bonds is 6. The molecule has 1 saturated heterocycles. The minimum absolute atomic E-state index is 0.0767. The van der Waals surface area contributed by atoms with E-state index in [-0.39, 0.29) is 22.9 Å². The molecular weight excluding hydrogens is 416 g/mol. The van der Waals surface area contributed by atoms with Crippen molar-refractivity contribution in [2.45, 2.75) is 0 Å². The van der Waals surface area contributed by atoms with Gasteiger partial charge in [0, 0.05) is 17.7 Å². The number of carbonyl (C=O) groups excluding carboxylic acids is 2. The van der Waals surface area contributed by atoms with Crippen LogP contribution in [0.2, 0.25) is 0 Å². The summed E-state index contributed by atoms with van der Waals surface area (Å²) in [5.41, 5.74) is 3.16. The van der Waals surface area contributed by atoms with E-state index in [4.69, 9.17) is 9.47 Å². The molecule has 1 fully saturated rings. The summed E-state index contributed by atoms with van der Waals surface area (Å²) in [6.45, 7) is 0. The van der Waals surface area contributed by atoms with Crippen LogP contribution in [0, 0.1) is 10.1 Å². The maximum absolute atomic E-state index is 12.9. The average Bonchev–Trinajstić information content (AvgIpc) is 3.09. The van der Waals surface area contributed by atoms with Gasteiger partial charge in [-0.1, -0.05) is 30.3 Å². The number of hydrazine groups is 1. The molecule has 2 amide bonds. The Kier molecular flexibility index (Phi) is 5.49. The number of ether oxygens (including phenoxy) is 2. The molecule has 2 aromatic carbocycles. The molecule has 32 heavy (non-hydrogen) atoms. The van der Waals surface area contributed by atoms with E-state index >= 15 is 0 Å². The van der Waals surface area contributed by atoms with Crippen molar-refractivity contribution < 1.29 is 24.0 Å². The molecule has 1 N–H and O–H groups in total. The molecule has 1 aromatic heterocycles. The number of hydrogen-bond acceptors (Lipinski definition) is 7. The number of para-hydroxylation sites is 2. The van der Waals surface area contributed by atoms with Gasteiger partial charge in [-0.05, 0) is 24.3 Å². The molecule has 0 spiro atoms. The first kappa shape index (κ1) is 20.5. The Balaban J connectivity index is 1.69. The predicted molar refractivity (Wildman–Crippen MR) is 114 cm³/mol. The minimum atomic E-state index is -0.571. The van der Waals surface area contributed by atoms with Crippen LogP contribution in [0.4, 0.5) is 11.4 Å². The number of methoxy groups -OCH3 is 1. The number of anilines is 1. The van der Waals surface area contributed by atoms with Gasteiger partial charge in [0.1, 0.15) is 11.8 Å². The van der Waals surface area contributed by atoms with Crippen molar-refractivity contribution in [1.29, 1.82) is 0 Å². The standard InChI is InChI=1S/C22H16N4O6/c1-31-18-9-5-6-14(20(18)32-19-11-10-16(13-23-19)26(29)30)12-17-21(27)24-25(22(17)28)15-7-3-2-4-8-15/h2-13H,1H3,(H,24,27)/b17-12+. The van der Waals surface area contributed by atoms with Crippen LogP contribution < -0.4 is 19.9 Å². The van der Waals surface area contributed by atoms with Gasteiger partial charge in [-0.25, -0.2) is 9.99 Å². The number of hydrogen-bond donors (Lipinski definition) is 1. The Morgan fingerprint density at radius 3 is 2.50 bits per heavy atom. The van der Waals surface area contributed by atoms with E-state index in [9.17, 15) is 19.7 Å². The van der Waals surface area contributed by atoms with Gasteiger partial charge in [0.15, 0.2) is 11.5 Å². The SMILES string of the molecule is COc1cccc(/C=C2\C(=O)NN(c3ccccc3)C2=O)c1Oc1ccc([N+](=O)[O-])cn1. The molecule has 2 heterocycles. The molecule has 160 valence electrons. The van der Waals surface area contributed by atoms with E-state index in [1.54, 1.807) is 48.5 Å². The summed E-state index contributed by atoms with van der Waals surface area (Å²) >= 11 is 0. The summed E-state index contributed by atoms with van der Waals surface area (Å²) in [5, 5.41) is 12.0. The average molecular weight is 432 g/mol. The lowest BCUT2D eigenvalue weighted by atomic mass is 10.1. The highest BCUT2D eigenvalue weighted by Crippen LogP contribution is 2.36. The lowest BCUT2D eigenvalue weighted by molar-refractivity contribution is -0.385. The quantitative estimate of drug-likeness (QED) is 0.274. The first-order valence-electron chi connectivity index (χ1n) is 9.35. The number of nitrogens with zero attached hydrogens (tertiary/aromatic N) is 3. The fourth-order valence-electron chi connectivity index (χ4n) is 3.03. The van der Waals surface area contributed by atoms with Gasteiger partial charge in [-0.2, -0.15) is 0 Å². The van der Waals surface area contributed by atoms with Crippen molar-refractivity contribution >= 4 is 29.3 Å². The fraction of sp³-hybridized carbons (Fsp3) is 0.0455. The van der Waals surface area contributed by atoms with Crippen LogP contribution in [-0.4, -0.2) is 28.8 Å². The van der Waals surface area contributed by atoms with Gasteiger partial charge >= 0.3 is 0 Å². The summed E-state index contributed by atoms with van der Waals surface area (Å²) in [7, 11) is 1.44. The molecule has 0 bridgehead atoms. The second-order valence-electron chi connectivity index (χ2n) is 6.57. The minimum Gasteiger partial charge on any atom is -0.493 e. The van der Waals surface area contributed by atoms with E-state index in [0.717, 1.165) is 11.2 Å². The van der Waals surface area contributed by atoms with Gasteiger partial charge < -0.3 is 9.47 Å². The number of nitro groups is 1. The van der Waals surface area contributed by atoms with E-state index in [1.807, 2.05) is 0 Å². The van der Waals surface area contributed by atoms with E-state index < -0.39 is 16.7 Å². The zero-order valence-corrected chi connectivity index (χ0v) is 16.7. The van der Waals surface area contributed by atoms with Gasteiger partial charge in [-0.15, -0.1) is 0 Å². The van der Waals surface area contributed by atoms with Crippen LogP contribution in [0.25, 0.3) is 6.08 Å². The fourth-order valence-corrected chi connectivity index (χ4v) is 3.03. The Morgan fingerprint density at radius 2 is 1.84 bits per heavy atom. The zero-order chi connectivity index (χ0) is 22.7. The highest BCUT2D eigenvalue weighted by atomic mass is 16.6. The Hall–Kier alpha value is -4.73. The predicted octanol–water partition coefficient (Wildman–Crippen LogP) is 3.25. The number of carbonyl (C=O) groups is 2. The van der Waals surface area contributed by atoms with Crippen LogP contribution in [0.3, 0.4) is 0 Å².